The molecule has 8 heteroatoms. The number of carbonyl (C=O) groups excluding carboxylic acids is 1. The van der Waals surface area contributed by atoms with E-state index in [9.17, 15) is 4.79 Å². The highest BCUT2D eigenvalue weighted by molar-refractivity contribution is 6.07. The van der Waals surface area contributed by atoms with E-state index in [2.05, 4.69) is 71.7 Å². The van der Waals surface area contributed by atoms with Crippen LogP contribution in [0.2, 0.25) is 0 Å². The van der Waals surface area contributed by atoms with Gasteiger partial charge in [-0.25, -0.2) is 4.79 Å². The summed E-state index contributed by atoms with van der Waals surface area (Å²) in [5.74, 6) is 1.45. The van der Waals surface area contributed by atoms with Gasteiger partial charge in [0.1, 0.15) is 18.2 Å². The molecule has 0 aliphatic carbocycles. The Kier molecular flexibility index (Phi) is 8.90. The van der Waals surface area contributed by atoms with Crippen LogP contribution in [0.1, 0.15) is 38.4 Å². The average Bonchev–Trinajstić information content (AvgIpc) is 3.34. The Hall–Kier alpha value is -3.88. The van der Waals surface area contributed by atoms with Crippen LogP contribution in [0, 0.1) is 0 Å². The van der Waals surface area contributed by atoms with Gasteiger partial charge in [0.25, 0.3) is 0 Å². The summed E-state index contributed by atoms with van der Waals surface area (Å²) in [6.07, 6.45) is 2.10. The van der Waals surface area contributed by atoms with Gasteiger partial charge >= 0.3 is 6.03 Å². The third-order valence-corrected chi connectivity index (χ3v) is 7.62. The fraction of sp³-hybridized carbons (Fsp3) is 0.394. The zero-order valence-electron chi connectivity index (χ0n) is 24.5. The Morgan fingerprint density at radius 3 is 2.54 bits per heavy atom. The van der Waals surface area contributed by atoms with Crippen molar-refractivity contribution in [1.82, 2.24) is 14.7 Å². The highest BCUT2D eigenvalue weighted by atomic mass is 16.5. The number of morpholine rings is 1. The molecule has 1 unspecified atom stereocenters. The number of carbonyl (C=O) groups is 1. The monoisotopic (exact) mass is 555 g/mol. The van der Waals surface area contributed by atoms with E-state index in [0.717, 1.165) is 67.0 Å². The second kappa shape index (κ2) is 12.7. The summed E-state index contributed by atoms with van der Waals surface area (Å²) in [7, 11) is 1.83. The molecule has 5 rings (SSSR count). The van der Waals surface area contributed by atoms with Crippen LogP contribution in [0.25, 0.3) is 10.8 Å². The van der Waals surface area contributed by atoms with Gasteiger partial charge in [0.2, 0.25) is 0 Å². The first-order chi connectivity index (χ1) is 19.8. The minimum absolute atomic E-state index is 0.106. The lowest BCUT2D eigenvalue weighted by atomic mass is 9.92. The van der Waals surface area contributed by atoms with Gasteiger partial charge in [-0.05, 0) is 30.5 Å². The molecule has 0 spiro atoms. The predicted octanol–water partition coefficient (Wildman–Crippen LogP) is 6.23. The van der Waals surface area contributed by atoms with E-state index in [1.54, 1.807) is 4.68 Å². The standard InChI is InChI=1S/C33H41N5O3/c1-33(2,3)30-22-31(37(4)36-30)35-32(39)34-28-16-17-29(27-13-9-8-12-26(27)28)41-21-19-38-18-20-40-23-25(38)15-14-24-10-6-5-7-11-24/h5-13,16-17,22,25H,14-15,18-21,23H2,1-4H3,(H2,34,35,39). The Bertz CT molecular complexity index is 1460. The molecule has 3 aromatic carbocycles. The second-order valence-corrected chi connectivity index (χ2v) is 11.7. The molecule has 2 N–H and O–H groups in total. The predicted molar refractivity (Wildman–Crippen MR) is 165 cm³/mol. The maximum absolute atomic E-state index is 12.9. The van der Waals surface area contributed by atoms with Crippen LogP contribution >= 0.6 is 0 Å². The number of hydrogen-bond acceptors (Lipinski definition) is 5. The number of aromatic nitrogens is 2. The van der Waals surface area contributed by atoms with Crippen LogP contribution in [-0.4, -0.2) is 59.7 Å². The number of urea groups is 1. The highest BCUT2D eigenvalue weighted by Crippen LogP contribution is 2.32. The number of amides is 2. The molecule has 1 saturated heterocycles. The second-order valence-electron chi connectivity index (χ2n) is 11.7. The van der Waals surface area contributed by atoms with Crippen molar-refractivity contribution in [3.05, 3.63) is 84.1 Å². The van der Waals surface area contributed by atoms with Gasteiger partial charge in [0, 0.05) is 48.4 Å². The molecule has 0 saturated carbocycles. The van der Waals surface area contributed by atoms with Crippen molar-refractivity contribution in [3.8, 4) is 5.75 Å². The molecular weight excluding hydrogens is 514 g/mol. The molecule has 2 heterocycles. The molecule has 8 nitrogen and oxygen atoms in total. The average molecular weight is 556 g/mol. The summed E-state index contributed by atoms with van der Waals surface area (Å²) in [6, 6.07) is 24.4. The number of fused-ring (bicyclic) bond motifs is 1. The van der Waals surface area contributed by atoms with E-state index >= 15 is 0 Å². The van der Waals surface area contributed by atoms with Gasteiger partial charge in [-0.1, -0.05) is 75.4 Å². The van der Waals surface area contributed by atoms with E-state index in [1.807, 2.05) is 49.5 Å². The van der Waals surface area contributed by atoms with Gasteiger partial charge < -0.3 is 14.8 Å². The highest BCUT2D eigenvalue weighted by Gasteiger charge is 2.23. The van der Waals surface area contributed by atoms with Crippen LogP contribution in [0.15, 0.2) is 72.8 Å². The molecule has 1 atom stereocenters. The maximum atomic E-state index is 12.9. The molecule has 4 aromatic rings. The zero-order valence-corrected chi connectivity index (χ0v) is 24.5. The van der Waals surface area contributed by atoms with Crippen molar-refractivity contribution < 1.29 is 14.3 Å². The minimum atomic E-state index is -0.318. The summed E-state index contributed by atoms with van der Waals surface area (Å²) in [5.41, 5.74) is 2.89. The van der Waals surface area contributed by atoms with E-state index in [-0.39, 0.29) is 11.4 Å². The number of aryl methyl sites for hydroxylation is 2. The van der Waals surface area contributed by atoms with E-state index in [0.29, 0.717) is 18.5 Å². The van der Waals surface area contributed by atoms with E-state index in [4.69, 9.17) is 9.47 Å². The van der Waals surface area contributed by atoms with Crippen molar-refractivity contribution in [2.24, 2.45) is 7.05 Å². The van der Waals surface area contributed by atoms with Crippen molar-refractivity contribution in [3.63, 3.8) is 0 Å². The summed E-state index contributed by atoms with van der Waals surface area (Å²) in [4.78, 5) is 15.4. The van der Waals surface area contributed by atoms with E-state index < -0.39 is 0 Å². The zero-order chi connectivity index (χ0) is 28.8. The fourth-order valence-electron chi connectivity index (χ4n) is 5.23. The third-order valence-electron chi connectivity index (χ3n) is 7.62. The number of rotatable bonds is 9. The van der Waals surface area contributed by atoms with Gasteiger partial charge in [0.15, 0.2) is 0 Å². The Morgan fingerprint density at radius 2 is 1.78 bits per heavy atom. The molecule has 1 aromatic heterocycles. The lowest BCUT2D eigenvalue weighted by Gasteiger charge is -2.35. The van der Waals surface area contributed by atoms with Crippen LogP contribution in [0.5, 0.6) is 5.75 Å². The van der Waals surface area contributed by atoms with Gasteiger partial charge in [-0.2, -0.15) is 5.10 Å². The van der Waals surface area contributed by atoms with Gasteiger partial charge in [0.05, 0.1) is 24.6 Å². The smallest absolute Gasteiger partial charge is 0.324 e. The van der Waals surface area contributed by atoms with Crippen molar-refractivity contribution in [1.29, 1.82) is 0 Å². The van der Waals surface area contributed by atoms with Gasteiger partial charge in [-0.15, -0.1) is 0 Å². The number of ether oxygens (including phenoxy) is 2. The number of nitrogens with zero attached hydrogens (tertiary/aromatic N) is 3. The summed E-state index contributed by atoms with van der Waals surface area (Å²) in [6.45, 7) is 10.1. The van der Waals surface area contributed by atoms with Crippen LogP contribution in [0.4, 0.5) is 16.3 Å². The largest absolute Gasteiger partial charge is 0.492 e. The van der Waals surface area contributed by atoms with Crippen molar-refractivity contribution >= 4 is 28.3 Å². The molecule has 41 heavy (non-hydrogen) atoms. The molecule has 216 valence electrons. The topological polar surface area (TPSA) is 80.7 Å². The van der Waals surface area contributed by atoms with E-state index in [1.165, 1.54) is 5.56 Å². The first-order valence-electron chi connectivity index (χ1n) is 14.4. The summed E-state index contributed by atoms with van der Waals surface area (Å²) < 4.78 is 13.8. The maximum Gasteiger partial charge on any atom is 0.324 e. The molecule has 2 amide bonds. The SMILES string of the molecule is Cn1nc(C(C)(C)C)cc1NC(=O)Nc1ccc(OCCN2CCOCC2CCc2ccccc2)c2ccccc12. The lowest BCUT2D eigenvalue weighted by Crippen LogP contribution is -2.47. The summed E-state index contributed by atoms with van der Waals surface area (Å²) in [5, 5.41) is 12.4. The Morgan fingerprint density at radius 1 is 1.02 bits per heavy atom. The number of benzene rings is 3. The quantitative estimate of drug-likeness (QED) is 0.256. The Labute approximate surface area is 242 Å². The van der Waals surface area contributed by atoms with Crippen LogP contribution in [-0.2, 0) is 23.6 Å². The van der Waals surface area contributed by atoms with Crippen molar-refractivity contribution in [2.75, 3.05) is 43.5 Å². The Balaban J connectivity index is 1.21. The fourth-order valence-corrected chi connectivity index (χ4v) is 5.23. The number of hydrogen-bond donors (Lipinski definition) is 2. The first kappa shape index (κ1) is 28.6. The summed E-state index contributed by atoms with van der Waals surface area (Å²) >= 11 is 0. The third kappa shape index (κ3) is 7.26. The normalized spacial score (nSPS) is 16.0. The lowest BCUT2D eigenvalue weighted by molar-refractivity contribution is -0.0147. The van der Waals surface area contributed by atoms with Crippen LogP contribution < -0.4 is 15.4 Å². The molecule has 1 aliphatic rings. The van der Waals surface area contributed by atoms with Crippen LogP contribution in [0.3, 0.4) is 0 Å². The van der Waals surface area contributed by atoms with Crippen molar-refractivity contribution in [2.45, 2.75) is 45.1 Å². The number of anilines is 2. The molecule has 1 aliphatic heterocycles. The first-order valence-corrected chi connectivity index (χ1v) is 14.4. The minimum Gasteiger partial charge on any atom is -0.492 e. The molecule has 0 bridgehead atoms. The number of nitrogens with one attached hydrogen (secondary N) is 2. The molecule has 0 radical (unpaired) electrons. The molecule has 1 fully saturated rings. The molecular formula is C33H41N5O3. The van der Waals surface area contributed by atoms with Gasteiger partial charge in [-0.3, -0.25) is 14.9 Å².